The Hall–Kier alpha value is -1.85. The molecule has 0 saturated carbocycles. The molecule has 2 heterocycles. The van der Waals surface area contributed by atoms with Gasteiger partial charge in [-0.05, 0) is 19.8 Å². The molecule has 1 fully saturated rings. The number of aromatic nitrogens is 2. The largest absolute Gasteiger partial charge is 0.481 e. The fourth-order valence-corrected chi connectivity index (χ4v) is 2.12. The van der Waals surface area contributed by atoms with E-state index in [2.05, 4.69) is 9.97 Å². The van der Waals surface area contributed by atoms with E-state index in [1.807, 2.05) is 11.8 Å². The van der Waals surface area contributed by atoms with E-state index < -0.39 is 5.97 Å². The van der Waals surface area contributed by atoms with Crippen molar-refractivity contribution in [3.8, 4) is 5.88 Å². The maximum atomic E-state index is 11.0. The van der Waals surface area contributed by atoms with Gasteiger partial charge in [-0.3, -0.25) is 4.79 Å². The zero-order chi connectivity index (χ0) is 13.0. The normalized spacial score (nSPS) is 19.6. The lowest BCUT2D eigenvalue weighted by atomic mass is 9.98. The first kappa shape index (κ1) is 12.6. The van der Waals surface area contributed by atoms with Gasteiger partial charge in [-0.25, -0.2) is 9.97 Å². The van der Waals surface area contributed by atoms with Crippen LogP contribution in [0.3, 0.4) is 0 Å². The van der Waals surface area contributed by atoms with E-state index in [-0.39, 0.29) is 5.92 Å². The van der Waals surface area contributed by atoms with E-state index in [4.69, 9.17) is 9.84 Å². The standard InChI is InChI=1S/C12H17N3O3/c1-2-18-11-6-10(13-8-14-11)15-5-3-4-9(7-15)12(16)17/h6,8-9H,2-5,7H2,1H3,(H,16,17)/t9-/m1/s1. The van der Waals surface area contributed by atoms with Crippen LogP contribution in [0.4, 0.5) is 5.82 Å². The highest BCUT2D eigenvalue weighted by molar-refractivity contribution is 5.71. The fraction of sp³-hybridized carbons (Fsp3) is 0.583. The smallest absolute Gasteiger partial charge is 0.308 e. The topological polar surface area (TPSA) is 75.5 Å². The fourth-order valence-electron chi connectivity index (χ4n) is 2.12. The molecule has 18 heavy (non-hydrogen) atoms. The Kier molecular flexibility index (Phi) is 3.96. The molecule has 6 heteroatoms. The van der Waals surface area contributed by atoms with Gasteiger partial charge in [0.25, 0.3) is 0 Å². The molecule has 0 aromatic carbocycles. The summed E-state index contributed by atoms with van der Waals surface area (Å²) < 4.78 is 5.32. The van der Waals surface area contributed by atoms with Crippen LogP contribution in [0.5, 0.6) is 5.88 Å². The van der Waals surface area contributed by atoms with Crippen LogP contribution < -0.4 is 9.64 Å². The Balaban J connectivity index is 2.10. The lowest BCUT2D eigenvalue weighted by Crippen LogP contribution is -2.39. The first-order chi connectivity index (χ1) is 8.70. The molecule has 0 amide bonds. The Bertz CT molecular complexity index is 425. The lowest BCUT2D eigenvalue weighted by molar-refractivity contribution is -0.141. The van der Waals surface area contributed by atoms with Crippen LogP contribution >= 0.6 is 0 Å². The minimum absolute atomic E-state index is 0.316. The van der Waals surface area contributed by atoms with Gasteiger partial charge in [-0.15, -0.1) is 0 Å². The number of hydrogen-bond donors (Lipinski definition) is 1. The molecule has 0 aliphatic carbocycles. The summed E-state index contributed by atoms with van der Waals surface area (Å²) in [5.41, 5.74) is 0. The van der Waals surface area contributed by atoms with Crippen LogP contribution in [0.15, 0.2) is 12.4 Å². The van der Waals surface area contributed by atoms with E-state index in [0.717, 1.165) is 25.2 Å². The van der Waals surface area contributed by atoms with E-state index >= 15 is 0 Å². The van der Waals surface area contributed by atoms with Gasteiger partial charge in [0.2, 0.25) is 5.88 Å². The second-order valence-corrected chi connectivity index (χ2v) is 4.27. The Morgan fingerprint density at radius 2 is 2.44 bits per heavy atom. The van der Waals surface area contributed by atoms with Crippen molar-refractivity contribution in [2.45, 2.75) is 19.8 Å². The molecule has 0 unspecified atom stereocenters. The zero-order valence-corrected chi connectivity index (χ0v) is 10.4. The zero-order valence-electron chi connectivity index (χ0n) is 10.4. The Morgan fingerprint density at radius 3 is 3.17 bits per heavy atom. The summed E-state index contributed by atoms with van der Waals surface area (Å²) in [7, 11) is 0. The summed E-state index contributed by atoms with van der Waals surface area (Å²) >= 11 is 0. The Morgan fingerprint density at radius 1 is 1.61 bits per heavy atom. The first-order valence-electron chi connectivity index (χ1n) is 6.13. The van der Waals surface area contributed by atoms with Crippen molar-refractivity contribution < 1.29 is 14.6 Å². The van der Waals surface area contributed by atoms with Crippen molar-refractivity contribution in [2.24, 2.45) is 5.92 Å². The summed E-state index contributed by atoms with van der Waals surface area (Å²) in [5.74, 6) is 0.211. The number of hydrogen-bond acceptors (Lipinski definition) is 5. The van der Waals surface area contributed by atoms with Gasteiger partial charge < -0.3 is 14.7 Å². The summed E-state index contributed by atoms with van der Waals surface area (Å²) in [5, 5.41) is 9.06. The molecule has 1 aliphatic rings. The lowest BCUT2D eigenvalue weighted by Gasteiger charge is -2.31. The molecule has 1 N–H and O–H groups in total. The second-order valence-electron chi connectivity index (χ2n) is 4.27. The van der Waals surface area contributed by atoms with Crippen LogP contribution in [-0.2, 0) is 4.79 Å². The second kappa shape index (κ2) is 5.66. The van der Waals surface area contributed by atoms with Gasteiger partial charge in [-0.2, -0.15) is 0 Å². The minimum atomic E-state index is -0.737. The molecular weight excluding hydrogens is 234 g/mol. The predicted octanol–water partition coefficient (Wildman–Crippen LogP) is 1.18. The molecular formula is C12H17N3O3. The first-order valence-corrected chi connectivity index (χ1v) is 6.13. The number of aliphatic carboxylic acids is 1. The van der Waals surface area contributed by atoms with Crippen LogP contribution in [0.1, 0.15) is 19.8 Å². The number of anilines is 1. The van der Waals surface area contributed by atoms with Crippen molar-refractivity contribution in [1.82, 2.24) is 9.97 Å². The van der Waals surface area contributed by atoms with E-state index in [1.54, 1.807) is 6.07 Å². The number of carboxylic acids is 1. The van der Waals surface area contributed by atoms with Gasteiger partial charge in [0.15, 0.2) is 0 Å². The van der Waals surface area contributed by atoms with Crippen LogP contribution in [-0.4, -0.2) is 40.7 Å². The number of carbonyl (C=O) groups is 1. The van der Waals surface area contributed by atoms with Gasteiger partial charge in [-0.1, -0.05) is 0 Å². The quantitative estimate of drug-likeness (QED) is 0.866. The van der Waals surface area contributed by atoms with Crippen molar-refractivity contribution in [3.63, 3.8) is 0 Å². The third kappa shape index (κ3) is 2.88. The van der Waals surface area contributed by atoms with Crippen LogP contribution in [0.25, 0.3) is 0 Å². The molecule has 1 aromatic heterocycles. The molecule has 1 aliphatic heterocycles. The summed E-state index contributed by atoms with van der Waals surface area (Å²) in [6.07, 6.45) is 3.05. The Labute approximate surface area is 106 Å². The maximum Gasteiger partial charge on any atom is 0.308 e. The third-order valence-electron chi connectivity index (χ3n) is 3.01. The van der Waals surface area contributed by atoms with Gasteiger partial charge in [0.1, 0.15) is 12.1 Å². The maximum absolute atomic E-state index is 11.0. The number of nitrogens with zero attached hydrogens (tertiary/aromatic N) is 3. The average Bonchev–Trinajstić information content (AvgIpc) is 2.39. The third-order valence-corrected chi connectivity index (χ3v) is 3.01. The average molecular weight is 251 g/mol. The summed E-state index contributed by atoms with van der Waals surface area (Å²) in [4.78, 5) is 21.2. The highest BCUT2D eigenvalue weighted by atomic mass is 16.5. The monoisotopic (exact) mass is 251 g/mol. The predicted molar refractivity (Wildman–Crippen MR) is 65.8 cm³/mol. The van der Waals surface area contributed by atoms with Crippen molar-refractivity contribution in [1.29, 1.82) is 0 Å². The summed E-state index contributed by atoms with van der Waals surface area (Å²) in [6, 6.07) is 1.76. The SMILES string of the molecule is CCOc1cc(N2CCC[C@@H](C(=O)O)C2)ncn1. The van der Waals surface area contributed by atoms with Crippen molar-refractivity contribution in [2.75, 3.05) is 24.6 Å². The highest BCUT2D eigenvalue weighted by Crippen LogP contribution is 2.23. The molecule has 98 valence electrons. The van der Waals surface area contributed by atoms with Gasteiger partial charge in [0, 0.05) is 19.2 Å². The van der Waals surface area contributed by atoms with Gasteiger partial charge in [0.05, 0.1) is 12.5 Å². The molecule has 0 spiro atoms. The number of piperidine rings is 1. The molecule has 1 saturated heterocycles. The number of ether oxygens (including phenoxy) is 1. The van der Waals surface area contributed by atoms with Crippen LogP contribution in [0, 0.1) is 5.92 Å². The molecule has 2 rings (SSSR count). The van der Waals surface area contributed by atoms with Crippen LogP contribution in [0.2, 0.25) is 0 Å². The number of carboxylic acid groups (broad SMARTS) is 1. The molecule has 0 radical (unpaired) electrons. The minimum Gasteiger partial charge on any atom is -0.481 e. The van der Waals surface area contributed by atoms with Crippen molar-refractivity contribution >= 4 is 11.8 Å². The highest BCUT2D eigenvalue weighted by Gasteiger charge is 2.26. The summed E-state index contributed by atoms with van der Waals surface area (Å²) in [6.45, 7) is 3.77. The molecule has 0 bridgehead atoms. The van der Waals surface area contributed by atoms with Crippen molar-refractivity contribution in [3.05, 3.63) is 12.4 Å². The van der Waals surface area contributed by atoms with E-state index in [0.29, 0.717) is 19.0 Å². The molecule has 1 atom stereocenters. The molecule has 6 nitrogen and oxygen atoms in total. The van der Waals surface area contributed by atoms with E-state index in [9.17, 15) is 4.79 Å². The van der Waals surface area contributed by atoms with E-state index in [1.165, 1.54) is 6.33 Å². The number of rotatable bonds is 4. The van der Waals surface area contributed by atoms with Gasteiger partial charge >= 0.3 is 5.97 Å². The molecule has 1 aromatic rings.